The third-order valence-corrected chi connectivity index (χ3v) is 6.09. The van der Waals surface area contributed by atoms with E-state index in [0.717, 1.165) is 18.9 Å². The van der Waals surface area contributed by atoms with Crippen molar-refractivity contribution >= 4 is 27.5 Å². The van der Waals surface area contributed by atoms with E-state index in [4.69, 9.17) is 5.14 Å². The van der Waals surface area contributed by atoms with Gasteiger partial charge in [-0.3, -0.25) is 0 Å². The predicted octanol–water partition coefficient (Wildman–Crippen LogP) is 2.81. The van der Waals surface area contributed by atoms with E-state index in [1.54, 1.807) is 11.8 Å². The Morgan fingerprint density at radius 2 is 1.95 bits per heavy atom. The minimum Gasteiger partial charge on any atom is -0.381 e. The third-order valence-electron chi connectivity index (χ3n) is 3.59. The molecule has 7 heteroatoms. The first-order chi connectivity index (χ1) is 9.28. The zero-order chi connectivity index (χ0) is 15.4. The molecule has 4 nitrogen and oxygen atoms in total. The number of rotatable bonds is 7. The van der Waals surface area contributed by atoms with E-state index in [9.17, 15) is 12.8 Å². The van der Waals surface area contributed by atoms with Crippen LogP contribution in [0.2, 0.25) is 0 Å². The fourth-order valence-electron chi connectivity index (χ4n) is 1.93. The Kier molecular flexibility index (Phi) is 5.85. The van der Waals surface area contributed by atoms with Crippen molar-refractivity contribution in [1.82, 2.24) is 0 Å². The summed E-state index contributed by atoms with van der Waals surface area (Å²) in [6.45, 7) is 4.82. The third kappa shape index (κ3) is 4.10. The van der Waals surface area contributed by atoms with Gasteiger partial charge in [0.1, 0.15) is 5.82 Å². The zero-order valence-corrected chi connectivity index (χ0v) is 13.6. The molecule has 114 valence electrons. The Morgan fingerprint density at radius 3 is 2.35 bits per heavy atom. The van der Waals surface area contributed by atoms with Gasteiger partial charge in [-0.05, 0) is 37.3 Å². The molecular formula is C13H21FN2O2S2. The number of primary sulfonamides is 1. The van der Waals surface area contributed by atoms with Gasteiger partial charge in [-0.15, -0.1) is 0 Å². The number of hydrogen-bond donors (Lipinski definition) is 2. The molecule has 1 aromatic rings. The lowest BCUT2D eigenvalue weighted by Crippen LogP contribution is -2.32. The molecule has 0 saturated heterocycles. The maximum absolute atomic E-state index is 13.9. The highest BCUT2D eigenvalue weighted by Gasteiger charge is 2.25. The minimum absolute atomic E-state index is 0.0467. The molecule has 3 N–H and O–H groups in total. The van der Waals surface area contributed by atoms with Gasteiger partial charge in [-0.2, -0.15) is 11.8 Å². The first kappa shape index (κ1) is 17.3. The Balaban J connectivity index is 2.90. The molecular weight excluding hydrogens is 299 g/mol. The van der Waals surface area contributed by atoms with E-state index in [1.807, 2.05) is 6.26 Å². The van der Waals surface area contributed by atoms with Crippen molar-refractivity contribution in [3.63, 3.8) is 0 Å². The second-order valence-corrected chi connectivity index (χ2v) is 7.47. The number of sulfonamides is 1. The van der Waals surface area contributed by atoms with E-state index in [0.29, 0.717) is 6.54 Å². The molecule has 1 rings (SSSR count). The van der Waals surface area contributed by atoms with Crippen LogP contribution in [-0.4, -0.2) is 26.0 Å². The lowest BCUT2D eigenvalue weighted by atomic mass is 10.0. The molecule has 20 heavy (non-hydrogen) atoms. The molecule has 0 atom stereocenters. The standard InChI is InChI=1S/C13H21FN2O2S2/c1-4-13(5-2,19-3)9-16-12-7-6-10(8-11(12)14)20(15,17)18/h6-8,16H,4-5,9H2,1-3H3,(H2,15,17,18). The van der Waals surface area contributed by atoms with E-state index in [2.05, 4.69) is 19.2 Å². The van der Waals surface area contributed by atoms with Gasteiger partial charge in [0.25, 0.3) is 0 Å². The molecule has 0 radical (unpaired) electrons. The molecule has 1 aromatic carbocycles. The van der Waals surface area contributed by atoms with Crippen LogP contribution >= 0.6 is 11.8 Å². The van der Waals surface area contributed by atoms with E-state index in [1.165, 1.54) is 12.1 Å². The van der Waals surface area contributed by atoms with Gasteiger partial charge < -0.3 is 5.32 Å². The molecule has 0 unspecified atom stereocenters. The van der Waals surface area contributed by atoms with Crippen LogP contribution in [0.4, 0.5) is 10.1 Å². The summed E-state index contributed by atoms with van der Waals surface area (Å²) in [4.78, 5) is -0.220. The molecule has 0 aliphatic carbocycles. The fraction of sp³-hybridized carbons (Fsp3) is 0.538. The van der Waals surface area contributed by atoms with E-state index < -0.39 is 15.8 Å². The Bertz CT molecular complexity index is 549. The SMILES string of the molecule is CCC(CC)(CNc1ccc(S(N)(=O)=O)cc1F)SC. The summed E-state index contributed by atoms with van der Waals surface area (Å²) in [6.07, 6.45) is 3.97. The first-order valence-electron chi connectivity index (χ1n) is 6.39. The number of nitrogens with one attached hydrogen (secondary N) is 1. The van der Waals surface area contributed by atoms with Crippen LogP contribution in [0.3, 0.4) is 0 Å². The number of anilines is 1. The number of thioether (sulfide) groups is 1. The monoisotopic (exact) mass is 320 g/mol. The summed E-state index contributed by atoms with van der Waals surface area (Å²) >= 11 is 1.75. The van der Waals surface area contributed by atoms with Crippen molar-refractivity contribution in [2.45, 2.75) is 36.3 Å². The smallest absolute Gasteiger partial charge is 0.238 e. The summed E-state index contributed by atoms with van der Waals surface area (Å²) in [5, 5.41) is 8.02. The molecule has 0 bridgehead atoms. The van der Waals surface area contributed by atoms with Crippen molar-refractivity contribution in [3.8, 4) is 0 Å². The fourth-order valence-corrected chi connectivity index (χ4v) is 3.25. The average molecular weight is 320 g/mol. The summed E-state index contributed by atoms with van der Waals surface area (Å²) in [5.41, 5.74) is 0.290. The molecule has 0 saturated carbocycles. The zero-order valence-electron chi connectivity index (χ0n) is 11.9. The van der Waals surface area contributed by atoms with Gasteiger partial charge in [0.05, 0.1) is 10.6 Å². The number of benzene rings is 1. The van der Waals surface area contributed by atoms with Gasteiger partial charge in [-0.1, -0.05) is 13.8 Å². The predicted molar refractivity (Wildman–Crippen MR) is 83.1 cm³/mol. The quantitative estimate of drug-likeness (QED) is 0.810. The molecule has 0 amide bonds. The van der Waals surface area contributed by atoms with Crippen molar-refractivity contribution in [3.05, 3.63) is 24.0 Å². The highest BCUT2D eigenvalue weighted by molar-refractivity contribution is 8.00. The van der Waals surface area contributed by atoms with Gasteiger partial charge in [-0.25, -0.2) is 17.9 Å². The maximum atomic E-state index is 13.9. The minimum atomic E-state index is -3.87. The highest BCUT2D eigenvalue weighted by atomic mass is 32.2. The Labute approximate surface area is 124 Å². The number of halogens is 1. The van der Waals surface area contributed by atoms with Crippen molar-refractivity contribution in [2.75, 3.05) is 18.1 Å². The van der Waals surface area contributed by atoms with Crippen LogP contribution in [-0.2, 0) is 10.0 Å². The molecule has 0 aromatic heterocycles. The molecule has 0 spiro atoms. The van der Waals surface area contributed by atoms with Crippen LogP contribution in [0.15, 0.2) is 23.1 Å². The maximum Gasteiger partial charge on any atom is 0.238 e. The average Bonchev–Trinajstić information content (AvgIpc) is 2.41. The van der Waals surface area contributed by atoms with Crippen LogP contribution in [0.1, 0.15) is 26.7 Å². The molecule has 0 aliphatic rings. The van der Waals surface area contributed by atoms with Gasteiger partial charge >= 0.3 is 0 Å². The second kappa shape index (κ2) is 6.78. The van der Waals surface area contributed by atoms with Crippen LogP contribution in [0.25, 0.3) is 0 Å². The van der Waals surface area contributed by atoms with Crippen molar-refractivity contribution in [2.24, 2.45) is 5.14 Å². The van der Waals surface area contributed by atoms with Crippen molar-refractivity contribution < 1.29 is 12.8 Å². The van der Waals surface area contributed by atoms with Gasteiger partial charge in [0.2, 0.25) is 10.0 Å². The van der Waals surface area contributed by atoms with E-state index >= 15 is 0 Å². The summed E-state index contributed by atoms with van der Waals surface area (Å²) < 4.78 is 36.2. The van der Waals surface area contributed by atoms with Crippen molar-refractivity contribution in [1.29, 1.82) is 0 Å². The Morgan fingerprint density at radius 1 is 1.35 bits per heavy atom. The summed E-state index contributed by atoms with van der Waals surface area (Å²) in [6, 6.07) is 3.65. The van der Waals surface area contributed by atoms with Crippen LogP contribution in [0, 0.1) is 5.82 Å². The van der Waals surface area contributed by atoms with Gasteiger partial charge in [0, 0.05) is 11.3 Å². The topological polar surface area (TPSA) is 72.2 Å². The summed E-state index contributed by atoms with van der Waals surface area (Å²) in [5.74, 6) is -0.612. The second-order valence-electron chi connectivity index (χ2n) is 4.63. The van der Waals surface area contributed by atoms with E-state index in [-0.39, 0.29) is 15.3 Å². The normalized spacial score (nSPS) is 12.4. The molecule has 0 heterocycles. The van der Waals surface area contributed by atoms with Crippen LogP contribution < -0.4 is 10.5 Å². The highest BCUT2D eigenvalue weighted by Crippen LogP contribution is 2.31. The summed E-state index contributed by atoms with van der Waals surface area (Å²) in [7, 11) is -3.87. The molecule has 0 aliphatic heterocycles. The number of hydrogen-bond acceptors (Lipinski definition) is 4. The largest absolute Gasteiger partial charge is 0.381 e. The molecule has 0 fully saturated rings. The lowest BCUT2D eigenvalue weighted by molar-refractivity contribution is 0.569. The van der Waals surface area contributed by atoms with Crippen LogP contribution in [0.5, 0.6) is 0 Å². The lowest BCUT2D eigenvalue weighted by Gasteiger charge is -2.30. The van der Waals surface area contributed by atoms with Gasteiger partial charge in [0.15, 0.2) is 0 Å². The first-order valence-corrected chi connectivity index (χ1v) is 9.16. The number of nitrogens with two attached hydrogens (primary N) is 1. The Hall–Kier alpha value is -0.790.